The van der Waals surface area contributed by atoms with Gasteiger partial charge in [-0.25, -0.2) is 9.69 Å². The van der Waals surface area contributed by atoms with Gasteiger partial charge in [-0.1, -0.05) is 19.3 Å². The number of hydrogen-bond acceptors (Lipinski definition) is 3. The monoisotopic (exact) mass is 253 g/mol. The first-order chi connectivity index (χ1) is 8.50. The Kier molecular flexibility index (Phi) is 3.93. The maximum atomic E-state index is 12.0. The van der Waals surface area contributed by atoms with E-state index in [2.05, 4.69) is 0 Å². The van der Waals surface area contributed by atoms with Crippen molar-refractivity contribution in [3.63, 3.8) is 0 Å². The van der Waals surface area contributed by atoms with Gasteiger partial charge in [0.1, 0.15) is 5.60 Å². The number of amides is 2. The van der Waals surface area contributed by atoms with Crippen LogP contribution in [0.3, 0.4) is 0 Å². The maximum Gasteiger partial charge on any atom is 0.417 e. The largest absolute Gasteiger partial charge is 0.443 e. The Bertz CT molecular complexity index is 332. The van der Waals surface area contributed by atoms with Crippen LogP contribution in [0.5, 0.6) is 0 Å². The predicted molar refractivity (Wildman–Crippen MR) is 68.1 cm³/mol. The van der Waals surface area contributed by atoms with Crippen LogP contribution < -0.4 is 0 Å². The summed E-state index contributed by atoms with van der Waals surface area (Å²) in [5.74, 6) is 0.326. The lowest BCUT2D eigenvalue weighted by atomic mass is 9.79. The lowest BCUT2D eigenvalue weighted by Gasteiger charge is -2.37. The van der Waals surface area contributed by atoms with Crippen LogP contribution in [-0.2, 0) is 9.53 Å². The third-order valence-corrected chi connectivity index (χ3v) is 4.23. The van der Waals surface area contributed by atoms with E-state index in [1.165, 1.54) is 24.2 Å². The van der Waals surface area contributed by atoms with Gasteiger partial charge in [-0.15, -0.1) is 0 Å². The van der Waals surface area contributed by atoms with Gasteiger partial charge in [-0.05, 0) is 39.0 Å². The number of ether oxygens (including phenoxy) is 1. The second kappa shape index (κ2) is 5.29. The average molecular weight is 253 g/mol. The molecule has 2 rings (SSSR count). The van der Waals surface area contributed by atoms with Crippen LogP contribution in [0.25, 0.3) is 0 Å². The van der Waals surface area contributed by atoms with E-state index < -0.39 is 11.7 Å². The van der Waals surface area contributed by atoms with Gasteiger partial charge in [0.2, 0.25) is 5.91 Å². The van der Waals surface area contributed by atoms with Gasteiger partial charge in [-0.3, -0.25) is 4.79 Å². The molecule has 2 amide bonds. The minimum absolute atomic E-state index is 0.0977. The molecule has 1 saturated heterocycles. The third kappa shape index (κ3) is 2.85. The number of hydrogen-bond donors (Lipinski definition) is 0. The Balaban J connectivity index is 1.94. The highest BCUT2D eigenvalue weighted by molar-refractivity contribution is 5.93. The van der Waals surface area contributed by atoms with Gasteiger partial charge < -0.3 is 4.74 Å². The van der Waals surface area contributed by atoms with Crippen LogP contribution in [0.15, 0.2) is 0 Å². The highest BCUT2D eigenvalue weighted by Gasteiger charge is 2.37. The molecule has 0 aromatic carbocycles. The summed E-state index contributed by atoms with van der Waals surface area (Å²) >= 11 is 0. The van der Waals surface area contributed by atoms with Gasteiger partial charge in [0.05, 0.1) is 0 Å². The van der Waals surface area contributed by atoms with Crippen LogP contribution in [-0.4, -0.2) is 29.0 Å². The smallest absolute Gasteiger partial charge is 0.417 e. The fourth-order valence-corrected chi connectivity index (χ4v) is 3.00. The van der Waals surface area contributed by atoms with Crippen LogP contribution in [0.2, 0.25) is 0 Å². The Morgan fingerprint density at radius 3 is 2.44 bits per heavy atom. The molecule has 0 aromatic rings. The van der Waals surface area contributed by atoms with Crippen molar-refractivity contribution in [1.29, 1.82) is 0 Å². The predicted octanol–water partition coefficient (Wildman–Crippen LogP) is 3.10. The Hall–Kier alpha value is -1.06. The summed E-state index contributed by atoms with van der Waals surface area (Å²) in [5, 5.41) is 0. The van der Waals surface area contributed by atoms with E-state index in [0.29, 0.717) is 18.9 Å². The molecule has 1 aliphatic carbocycles. The topological polar surface area (TPSA) is 46.6 Å². The van der Waals surface area contributed by atoms with Crippen molar-refractivity contribution in [1.82, 2.24) is 4.90 Å². The van der Waals surface area contributed by atoms with Crippen molar-refractivity contribution in [3.8, 4) is 0 Å². The molecule has 0 spiro atoms. The Morgan fingerprint density at radius 2 is 1.89 bits per heavy atom. The van der Waals surface area contributed by atoms with Crippen molar-refractivity contribution in [2.75, 3.05) is 6.54 Å². The number of rotatable bonds is 2. The lowest BCUT2D eigenvalue weighted by Crippen LogP contribution is -2.43. The van der Waals surface area contributed by atoms with Gasteiger partial charge >= 0.3 is 6.09 Å². The molecule has 1 heterocycles. The van der Waals surface area contributed by atoms with Gasteiger partial charge in [0.25, 0.3) is 0 Å². The first-order valence-corrected chi connectivity index (χ1v) is 7.04. The lowest BCUT2D eigenvalue weighted by molar-refractivity contribution is -0.127. The minimum atomic E-state index is -0.458. The summed E-state index contributed by atoms with van der Waals surface area (Å²) in [6.45, 7) is 4.46. The average Bonchev–Trinajstić information content (AvgIpc) is 2.76. The van der Waals surface area contributed by atoms with E-state index in [0.717, 1.165) is 19.3 Å². The Labute approximate surface area is 109 Å². The third-order valence-electron chi connectivity index (χ3n) is 4.23. The number of carbonyl (C=O) groups excluding carboxylic acids is 2. The SMILES string of the molecule is CC(C)(OC(=O)N1CCCC1=O)C1CCCCC1. The molecule has 18 heavy (non-hydrogen) atoms. The molecule has 2 aliphatic rings. The van der Waals surface area contributed by atoms with Gasteiger partial charge in [0, 0.05) is 13.0 Å². The fraction of sp³-hybridized carbons (Fsp3) is 0.857. The zero-order valence-corrected chi connectivity index (χ0v) is 11.4. The summed E-state index contributed by atoms with van der Waals surface area (Å²) in [5.41, 5.74) is -0.458. The minimum Gasteiger partial charge on any atom is -0.443 e. The van der Waals surface area contributed by atoms with Crippen molar-refractivity contribution >= 4 is 12.0 Å². The van der Waals surface area contributed by atoms with Crippen molar-refractivity contribution in [2.45, 2.75) is 64.4 Å². The van der Waals surface area contributed by atoms with Crippen LogP contribution >= 0.6 is 0 Å². The summed E-state index contributed by atoms with van der Waals surface area (Å²) in [6, 6.07) is 0. The molecule has 0 aromatic heterocycles. The molecule has 1 saturated carbocycles. The first-order valence-electron chi connectivity index (χ1n) is 7.04. The molecule has 0 bridgehead atoms. The first kappa shape index (κ1) is 13.4. The van der Waals surface area contributed by atoms with Crippen molar-refractivity contribution in [2.24, 2.45) is 5.92 Å². The summed E-state index contributed by atoms with van der Waals surface area (Å²) in [7, 11) is 0. The van der Waals surface area contributed by atoms with E-state index >= 15 is 0 Å². The van der Waals surface area contributed by atoms with E-state index in [1.807, 2.05) is 13.8 Å². The standard InChI is InChI=1S/C14H23NO3/c1-14(2,11-7-4-3-5-8-11)18-13(17)15-10-6-9-12(15)16/h11H,3-10H2,1-2H3. The second-order valence-corrected chi connectivity index (χ2v) is 5.96. The molecule has 0 atom stereocenters. The fourth-order valence-electron chi connectivity index (χ4n) is 3.00. The molecular weight excluding hydrogens is 230 g/mol. The maximum absolute atomic E-state index is 12.0. The van der Waals surface area contributed by atoms with Crippen LogP contribution in [0.4, 0.5) is 4.79 Å². The van der Waals surface area contributed by atoms with E-state index in [9.17, 15) is 9.59 Å². The van der Waals surface area contributed by atoms with E-state index in [-0.39, 0.29) is 5.91 Å². The normalized spacial score (nSPS) is 22.3. The van der Waals surface area contributed by atoms with Crippen molar-refractivity contribution < 1.29 is 14.3 Å². The summed E-state index contributed by atoms with van der Waals surface area (Å²) < 4.78 is 5.60. The van der Waals surface area contributed by atoms with Crippen LogP contribution in [0, 0.1) is 5.92 Å². The number of nitrogens with zero attached hydrogens (tertiary/aromatic N) is 1. The Morgan fingerprint density at radius 1 is 1.22 bits per heavy atom. The molecule has 0 unspecified atom stereocenters. The quantitative estimate of drug-likeness (QED) is 0.759. The molecule has 0 N–H and O–H groups in total. The summed E-state index contributed by atoms with van der Waals surface area (Å²) in [4.78, 5) is 24.8. The molecule has 4 heteroatoms. The molecule has 0 radical (unpaired) electrons. The molecular formula is C14H23NO3. The highest BCUT2D eigenvalue weighted by Crippen LogP contribution is 2.35. The highest BCUT2D eigenvalue weighted by atomic mass is 16.6. The zero-order chi connectivity index (χ0) is 13.2. The molecule has 2 fully saturated rings. The van der Waals surface area contributed by atoms with Gasteiger partial charge in [-0.2, -0.15) is 0 Å². The van der Waals surface area contributed by atoms with E-state index in [4.69, 9.17) is 4.74 Å². The molecule has 4 nitrogen and oxygen atoms in total. The number of likely N-dealkylation sites (tertiary alicyclic amines) is 1. The van der Waals surface area contributed by atoms with Gasteiger partial charge in [0.15, 0.2) is 0 Å². The number of imide groups is 1. The second-order valence-electron chi connectivity index (χ2n) is 5.96. The molecule has 102 valence electrons. The number of carbonyl (C=O) groups is 2. The summed E-state index contributed by atoms with van der Waals surface area (Å²) in [6.07, 6.45) is 6.74. The molecule has 1 aliphatic heterocycles. The zero-order valence-electron chi connectivity index (χ0n) is 11.4. The van der Waals surface area contributed by atoms with E-state index in [1.54, 1.807) is 0 Å². The van der Waals surface area contributed by atoms with Crippen LogP contribution in [0.1, 0.15) is 58.8 Å². The van der Waals surface area contributed by atoms with Crippen molar-refractivity contribution in [3.05, 3.63) is 0 Å².